The van der Waals surface area contributed by atoms with E-state index in [4.69, 9.17) is 21.1 Å². The third-order valence-corrected chi connectivity index (χ3v) is 7.29. The largest absolute Gasteiger partial charge is 0.444 e. The van der Waals surface area contributed by atoms with Crippen molar-refractivity contribution in [2.24, 2.45) is 5.92 Å². The minimum Gasteiger partial charge on any atom is -0.444 e. The summed E-state index contributed by atoms with van der Waals surface area (Å²) in [7, 11) is 2.06. The Bertz CT molecular complexity index is 1120. The van der Waals surface area contributed by atoms with Crippen LogP contribution in [-0.2, 0) is 9.47 Å². The van der Waals surface area contributed by atoms with Gasteiger partial charge in [0.15, 0.2) is 0 Å². The number of rotatable bonds is 6. The molecule has 1 aromatic carbocycles. The van der Waals surface area contributed by atoms with Gasteiger partial charge in [-0.15, -0.1) is 0 Å². The van der Waals surface area contributed by atoms with Crippen LogP contribution in [0, 0.1) is 5.92 Å². The first-order chi connectivity index (χ1) is 17.6. The molecule has 0 saturated carbocycles. The van der Waals surface area contributed by atoms with Crippen molar-refractivity contribution in [2.45, 2.75) is 58.1 Å². The number of halogens is 1. The maximum Gasteiger partial charge on any atom is 0.410 e. The van der Waals surface area contributed by atoms with E-state index in [2.05, 4.69) is 22.4 Å². The number of carbonyl (C=O) groups excluding carboxylic acids is 1. The third-order valence-electron chi connectivity index (χ3n) is 6.92. The summed E-state index contributed by atoms with van der Waals surface area (Å²) in [6, 6.07) is 8.01. The second-order valence-corrected chi connectivity index (χ2v) is 11.3. The fraction of sp³-hybridized carbons (Fsp3) is 0.593. The predicted octanol–water partition coefficient (Wildman–Crippen LogP) is 4.56. The fourth-order valence-electron chi connectivity index (χ4n) is 4.76. The van der Waals surface area contributed by atoms with E-state index in [9.17, 15) is 9.59 Å². The molecule has 202 valence electrons. The van der Waals surface area contributed by atoms with E-state index in [-0.39, 0.29) is 16.7 Å². The number of nitrogens with zero attached hydrogens (tertiary/aromatic N) is 4. The van der Waals surface area contributed by atoms with Crippen LogP contribution in [0.4, 0.5) is 16.2 Å². The maximum atomic E-state index is 12.9. The third kappa shape index (κ3) is 6.96. The number of anilines is 2. The number of piperidine rings is 1. The number of benzene rings is 1. The van der Waals surface area contributed by atoms with Crippen molar-refractivity contribution < 1.29 is 14.3 Å². The molecular weight excluding hydrogens is 494 g/mol. The first-order valence-electron chi connectivity index (χ1n) is 13.0. The van der Waals surface area contributed by atoms with Crippen LogP contribution in [0.5, 0.6) is 0 Å². The molecule has 10 heteroatoms. The van der Waals surface area contributed by atoms with Crippen LogP contribution in [0.25, 0.3) is 5.69 Å². The lowest BCUT2D eigenvalue weighted by molar-refractivity contribution is 0.0205. The maximum absolute atomic E-state index is 12.9. The molecule has 0 bridgehead atoms. The minimum atomic E-state index is -0.491. The van der Waals surface area contributed by atoms with Gasteiger partial charge in [0.1, 0.15) is 10.6 Å². The van der Waals surface area contributed by atoms with Crippen LogP contribution >= 0.6 is 11.6 Å². The highest BCUT2D eigenvalue weighted by atomic mass is 35.5. The molecule has 2 aliphatic heterocycles. The van der Waals surface area contributed by atoms with Crippen molar-refractivity contribution in [3.63, 3.8) is 0 Å². The van der Waals surface area contributed by atoms with Crippen molar-refractivity contribution in [3.05, 3.63) is 45.8 Å². The molecule has 4 rings (SSSR count). The second kappa shape index (κ2) is 11.7. The summed E-state index contributed by atoms with van der Waals surface area (Å²) >= 11 is 6.41. The zero-order chi connectivity index (χ0) is 26.6. The Labute approximate surface area is 223 Å². The highest BCUT2D eigenvalue weighted by Gasteiger charge is 2.28. The number of nitrogens with one attached hydrogen (secondary N) is 1. The van der Waals surface area contributed by atoms with Crippen LogP contribution in [0.1, 0.15) is 46.5 Å². The summed E-state index contributed by atoms with van der Waals surface area (Å²) in [5.74, 6) is 0.404. The molecular formula is C27H38ClN5O4. The zero-order valence-corrected chi connectivity index (χ0v) is 23.0. The van der Waals surface area contributed by atoms with Gasteiger partial charge in [-0.05, 0) is 76.6 Å². The van der Waals surface area contributed by atoms with E-state index in [1.807, 2.05) is 45.0 Å². The number of hydrogen-bond donors (Lipinski definition) is 1. The molecule has 2 aliphatic rings. The average Bonchev–Trinajstić information content (AvgIpc) is 2.89. The van der Waals surface area contributed by atoms with Gasteiger partial charge in [-0.1, -0.05) is 11.6 Å². The van der Waals surface area contributed by atoms with E-state index >= 15 is 0 Å². The summed E-state index contributed by atoms with van der Waals surface area (Å²) < 4.78 is 12.3. The average molecular weight is 532 g/mol. The highest BCUT2D eigenvalue weighted by molar-refractivity contribution is 6.32. The van der Waals surface area contributed by atoms with Gasteiger partial charge in [0.2, 0.25) is 0 Å². The highest BCUT2D eigenvalue weighted by Crippen LogP contribution is 2.25. The number of carbonyl (C=O) groups is 1. The summed E-state index contributed by atoms with van der Waals surface area (Å²) in [5.41, 5.74) is 1.38. The molecule has 2 aromatic rings. The normalized spacial score (nSPS) is 18.9. The molecule has 1 amide bonds. The van der Waals surface area contributed by atoms with Crippen LogP contribution in [0.15, 0.2) is 35.3 Å². The number of aromatic nitrogens is 2. The van der Waals surface area contributed by atoms with Crippen molar-refractivity contribution in [2.75, 3.05) is 50.1 Å². The first kappa shape index (κ1) is 27.3. The van der Waals surface area contributed by atoms with E-state index in [0.717, 1.165) is 44.6 Å². The Hall–Kier alpha value is -2.78. The molecule has 37 heavy (non-hydrogen) atoms. The van der Waals surface area contributed by atoms with Crippen molar-refractivity contribution in [3.8, 4) is 5.69 Å². The smallest absolute Gasteiger partial charge is 0.410 e. The molecule has 3 heterocycles. The molecule has 1 atom stereocenters. The lowest BCUT2D eigenvalue weighted by Gasteiger charge is -2.38. The minimum absolute atomic E-state index is 0.129. The van der Waals surface area contributed by atoms with Gasteiger partial charge < -0.3 is 24.6 Å². The Balaban J connectivity index is 1.36. The summed E-state index contributed by atoms with van der Waals surface area (Å²) in [5, 5.41) is 7.74. The van der Waals surface area contributed by atoms with Gasteiger partial charge in [-0.3, -0.25) is 4.79 Å². The number of hydrogen-bond acceptors (Lipinski definition) is 7. The van der Waals surface area contributed by atoms with Crippen molar-refractivity contribution in [1.82, 2.24) is 14.7 Å². The quantitative estimate of drug-likeness (QED) is 0.584. The zero-order valence-electron chi connectivity index (χ0n) is 22.2. The van der Waals surface area contributed by atoms with Crippen molar-refractivity contribution in [1.29, 1.82) is 0 Å². The van der Waals surface area contributed by atoms with Gasteiger partial charge in [0.05, 0.1) is 24.2 Å². The molecule has 0 aliphatic carbocycles. The van der Waals surface area contributed by atoms with Gasteiger partial charge >= 0.3 is 6.09 Å². The molecule has 0 radical (unpaired) electrons. The monoisotopic (exact) mass is 531 g/mol. The van der Waals surface area contributed by atoms with E-state index in [0.29, 0.717) is 43.0 Å². The first-order valence-corrected chi connectivity index (χ1v) is 13.4. The molecule has 0 unspecified atom stereocenters. The number of amides is 1. The number of ether oxygens (including phenoxy) is 2. The van der Waals surface area contributed by atoms with Gasteiger partial charge in [0.25, 0.3) is 5.56 Å². The van der Waals surface area contributed by atoms with Crippen LogP contribution in [0.3, 0.4) is 0 Å². The van der Waals surface area contributed by atoms with Gasteiger partial charge in [-0.25, -0.2) is 4.79 Å². The second-order valence-electron chi connectivity index (χ2n) is 10.9. The van der Waals surface area contributed by atoms with Crippen LogP contribution < -0.4 is 15.8 Å². The van der Waals surface area contributed by atoms with Crippen LogP contribution in [0.2, 0.25) is 5.02 Å². The SMILES string of the molecule is CN(c1ccc(-n2ncc(NC[C@@H]3CCCOC3)c(Cl)c2=O)cc1)C1CCN(C(=O)OC(C)(C)C)CC1. The standard InChI is InChI=1S/C27H38ClN5O4/c1-27(2,3)37-26(35)32-13-11-21(12-14-32)31(4)20-7-9-22(10-8-20)33-25(34)24(28)23(17-30-33)29-16-19-6-5-15-36-18-19/h7-10,17,19,21,29H,5-6,11-16,18H2,1-4H3/t19-/m0/s1. The summed E-state index contributed by atoms with van der Waals surface area (Å²) in [4.78, 5) is 29.3. The number of likely N-dealkylation sites (tertiary alicyclic amines) is 1. The lowest BCUT2D eigenvalue weighted by Crippen LogP contribution is -2.47. The van der Waals surface area contributed by atoms with Gasteiger partial charge in [-0.2, -0.15) is 9.78 Å². The van der Waals surface area contributed by atoms with E-state index < -0.39 is 5.60 Å². The van der Waals surface area contributed by atoms with Gasteiger partial charge in [0, 0.05) is 45.0 Å². The predicted molar refractivity (Wildman–Crippen MR) is 146 cm³/mol. The molecule has 2 saturated heterocycles. The lowest BCUT2D eigenvalue weighted by atomic mass is 10.0. The molecule has 9 nitrogen and oxygen atoms in total. The van der Waals surface area contributed by atoms with Crippen molar-refractivity contribution >= 4 is 29.1 Å². The Morgan fingerprint density at radius 3 is 2.54 bits per heavy atom. The van der Waals surface area contributed by atoms with Crippen LogP contribution in [-0.4, -0.2) is 72.3 Å². The topological polar surface area (TPSA) is 88.9 Å². The fourth-order valence-corrected chi connectivity index (χ4v) is 4.96. The Morgan fingerprint density at radius 2 is 1.92 bits per heavy atom. The Kier molecular flexibility index (Phi) is 8.64. The Morgan fingerprint density at radius 1 is 1.22 bits per heavy atom. The summed E-state index contributed by atoms with van der Waals surface area (Å²) in [6.07, 6.45) is 5.21. The molecule has 1 N–H and O–H groups in total. The van der Waals surface area contributed by atoms with E-state index in [1.165, 1.54) is 4.68 Å². The molecule has 2 fully saturated rings. The molecule has 0 spiro atoms. The molecule has 1 aromatic heterocycles. The van der Waals surface area contributed by atoms with E-state index in [1.54, 1.807) is 11.1 Å². The summed E-state index contributed by atoms with van der Waals surface area (Å²) in [6.45, 7) is 9.20.